The van der Waals surface area contributed by atoms with E-state index in [1.807, 2.05) is 47.6 Å². The molecule has 1 aromatic rings. The third-order valence-corrected chi connectivity index (χ3v) is 2.68. The van der Waals surface area contributed by atoms with Crippen LogP contribution in [0.3, 0.4) is 0 Å². The van der Waals surface area contributed by atoms with Gasteiger partial charge in [-0.3, -0.25) is 5.10 Å². The smallest absolute Gasteiger partial charge is 0.410 e. The lowest BCUT2D eigenvalue weighted by Crippen LogP contribution is -2.50. The van der Waals surface area contributed by atoms with Crippen LogP contribution >= 0.6 is 0 Å². The van der Waals surface area contributed by atoms with Crippen molar-refractivity contribution in [2.45, 2.75) is 53.1 Å². The number of amides is 1. The Morgan fingerprint density at radius 2 is 2.00 bits per heavy atom. The summed E-state index contributed by atoms with van der Waals surface area (Å²) < 4.78 is 5.29. The molecule has 2 rings (SSSR count). The number of aryl methyl sites for hydroxylation is 1. The Balaban J connectivity index is 0.000000861. The zero-order chi connectivity index (χ0) is 14.6. The van der Waals surface area contributed by atoms with Crippen LogP contribution in [0.5, 0.6) is 0 Å². The van der Waals surface area contributed by atoms with Crippen LogP contribution in [0.1, 0.15) is 51.9 Å². The highest BCUT2D eigenvalue weighted by Gasteiger charge is 2.35. The van der Waals surface area contributed by atoms with E-state index in [4.69, 9.17) is 4.74 Å². The summed E-state index contributed by atoms with van der Waals surface area (Å²) in [4.78, 5) is 13.4. The molecule has 1 aromatic heterocycles. The molecule has 0 unspecified atom stereocenters. The number of carbonyl (C=O) groups excluding carboxylic acids is 1. The van der Waals surface area contributed by atoms with Gasteiger partial charge in [-0.25, -0.2) is 4.79 Å². The number of hydrogen-bond acceptors (Lipinski definition) is 3. The molecule has 5 heteroatoms. The monoisotopic (exact) mass is 267 g/mol. The van der Waals surface area contributed by atoms with Crippen LogP contribution in [0, 0.1) is 6.92 Å². The SMILES string of the molecule is CC.Cc1cc(C2CN(C(=O)OC(C)(C)C)C2)n[nH]1. The number of aromatic nitrogens is 2. The second-order valence-electron chi connectivity index (χ2n) is 5.56. The second-order valence-corrected chi connectivity index (χ2v) is 5.56. The molecule has 0 bridgehead atoms. The molecule has 1 aliphatic rings. The van der Waals surface area contributed by atoms with E-state index >= 15 is 0 Å². The van der Waals surface area contributed by atoms with E-state index in [-0.39, 0.29) is 6.09 Å². The normalized spacial score (nSPS) is 15.4. The number of aromatic amines is 1. The molecule has 0 atom stereocenters. The Morgan fingerprint density at radius 1 is 1.42 bits per heavy atom. The third kappa shape index (κ3) is 4.26. The molecular weight excluding hydrogens is 242 g/mol. The molecule has 1 fully saturated rings. The molecule has 0 saturated carbocycles. The summed E-state index contributed by atoms with van der Waals surface area (Å²) in [5.41, 5.74) is 1.66. The summed E-state index contributed by atoms with van der Waals surface area (Å²) in [5.74, 6) is 0.340. The molecule has 1 aliphatic heterocycles. The maximum atomic E-state index is 11.7. The average Bonchev–Trinajstić information content (AvgIpc) is 2.63. The van der Waals surface area contributed by atoms with Gasteiger partial charge < -0.3 is 9.64 Å². The third-order valence-electron chi connectivity index (χ3n) is 2.68. The van der Waals surface area contributed by atoms with Crippen LogP contribution in [0.25, 0.3) is 0 Å². The predicted molar refractivity (Wildman–Crippen MR) is 75.2 cm³/mol. The second kappa shape index (κ2) is 6.08. The summed E-state index contributed by atoms with van der Waals surface area (Å²) in [6.07, 6.45) is -0.235. The highest BCUT2D eigenvalue weighted by Crippen LogP contribution is 2.27. The van der Waals surface area contributed by atoms with Gasteiger partial charge in [-0.1, -0.05) is 13.8 Å². The van der Waals surface area contributed by atoms with E-state index in [0.717, 1.165) is 11.4 Å². The lowest BCUT2D eigenvalue weighted by atomic mass is 9.97. The molecule has 1 saturated heterocycles. The van der Waals surface area contributed by atoms with Crippen LogP contribution < -0.4 is 0 Å². The first-order valence-corrected chi connectivity index (χ1v) is 6.85. The van der Waals surface area contributed by atoms with Crippen LogP contribution in [0.15, 0.2) is 6.07 Å². The molecule has 0 aliphatic carbocycles. The fourth-order valence-electron chi connectivity index (χ4n) is 1.79. The van der Waals surface area contributed by atoms with Crippen LogP contribution in [0.2, 0.25) is 0 Å². The Labute approximate surface area is 115 Å². The summed E-state index contributed by atoms with van der Waals surface area (Å²) in [6.45, 7) is 13.0. The Morgan fingerprint density at radius 3 is 2.42 bits per heavy atom. The summed E-state index contributed by atoms with van der Waals surface area (Å²) >= 11 is 0. The first-order valence-electron chi connectivity index (χ1n) is 6.85. The van der Waals surface area contributed by atoms with E-state index in [0.29, 0.717) is 19.0 Å². The fourth-order valence-corrected chi connectivity index (χ4v) is 1.79. The Bertz CT molecular complexity index is 415. The number of carbonyl (C=O) groups is 1. The zero-order valence-electron chi connectivity index (χ0n) is 12.8. The Kier molecular flexibility index (Phi) is 4.97. The molecule has 1 N–H and O–H groups in total. The van der Waals surface area contributed by atoms with Crippen molar-refractivity contribution in [1.82, 2.24) is 15.1 Å². The average molecular weight is 267 g/mol. The lowest BCUT2D eigenvalue weighted by molar-refractivity contribution is 0.00787. The quantitative estimate of drug-likeness (QED) is 0.850. The topological polar surface area (TPSA) is 58.2 Å². The number of H-pyrrole nitrogens is 1. The van der Waals surface area contributed by atoms with Crippen molar-refractivity contribution in [3.63, 3.8) is 0 Å². The minimum absolute atomic E-state index is 0.235. The number of rotatable bonds is 1. The highest BCUT2D eigenvalue weighted by molar-refractivity contribution is 5.69. The fraction of sp³-hybridized carbons (Fsp3) is 0.714. The van der Waals surface area contributed by atoms with Crippen molar-refractivity contribution >= 4 is 6.09 Å². The van der Waals surface area contributed by atoms with E-state index in [1.165, 1.54) is 0 Å². The Hall–Kier alpha value is -1.52. The van der Waals surface area contributed by atoms with Crippen LogP contribution in [-0.4, -0.2) is 39.9 Å². The van der Waals surface area contributed by atoms with Gasteiger partial charge >= 0.3 is 6.09 Å². The first kappa shape index (κ1) is 15.5. The van der Waals surface area contributed by atoms with E-state index in [2.05, 4.69) is 10.2 Å². The zero-order valence-corrected chi connectivity index (χ0v) is 12.8. The van der Waals surface area contributed by atoms with Gasteiger partial charge in [0.05, 0.1) is 5.69 Å². The molecule has 0 spiro atoms. The van der Waals surface area contributed by atoms with Crippen molar-refractivity contribution in [1.29, 1.82) is 0 Å². The van der Waals surface area contributed by atoms with Gasteiger partial charge in [-0.15, -0.1) is 0 Å². The van der Waals surface area contributed by atoms with Crippen LogP contribution in [-0.2, 0) is 4.74 Å². The maximum Gasteiger partial charge on any atom is 0.410 e. The van der Waals surface area contributed by atoms with Crippen molar-refractivity contribution in [2.24, 2.45) is 0 Å². The number of nitrogens with zero attached hydrogens (tertiary/aromatic N) is 2. The van der Waals surface area contributed by atoms with Crippen molar-refractivity contribution in [2.75, 3.05) is 13.1 Å². The molecule has 108 valence electrons. The maximum absolute atomic E-state index is 11.7. The lowest BCUT2D eigenvalue weighted by Gasteiger charge is -2.38. The number of likely N-dealkylation sites (tertiary alicyclic amines) is 1. The van der Waals surface area contributed by atoms with E-state index < -0.39 is 5.60 Å². The largest absolute Gasteiger partial charge is 0.444 e. The summed E-state index contributed by atoms with van der Waals surface area (Å²) in [5, 5.41) is 7.12. The first-order chi connectivity index (χ1) is 8.85. The molecule has 19 heavy (non-hydrogen) atoms. The van der Waals surface area contributed by atoms with Crippen molar-refractivity contribution < 1.29 is 9.53 Å². The van der Waals surface area contributed by atoms with Crippen molar-refractivity contribution in [3.05, 3.63) is 17.5 Å². The van der Waals surface area contributed by atoms with Gasteiger partial charge in [0, 0.05) is 24.7 Å². The minimum Gasteiger partial charge on any atom is -0.444 e. The van der Waals surface area contributed by atoms with Gasteiger partial charge in [0.2, 0.25) is 0 Å². The van der Waals surface area contributed by atoms with E-state index in [9.17, 15) is 4.79 Å². The summed E-state index contributed by atoms with van der Waals surface area (Å²) in [7, 11) is 0. The molecular formula is C14H25N3O2. The summed E-state index contributed by atoms with van der Waals surface area (Å²) in [6, 6.07) is 2.02. The standard InChI is InChI=1S/C12H19N3O2.C2H6/c1-8-5-10(14-13-8)9-6-15(7-9)11(16)17-12(2,3)4;1-2/h5,9H,6-7H2,1-4H3,(H,13,14);1-2H3. The van der Waals surface area contributed by atoms with Gasteiger partial charge in [0.1, 0.15) is 5.60 Å². The van der Waals surface area contributed by atoms with Gasteiger partial charge in [-0.05, 0) is 33.8 Å². The van der Waals surface area contributed by atoms with Gasteiger partial charge in [-0.2, -0.15) is 5.10 Å². The molecule has 2 heterocycles. The number of ether oxygens (including phenoxy) is 1. The van der Waals surface area contributed by atoms with Crippen molar-refractivity contribution in [3.8, 4) is 0 Å². The van der Waals surface area contributed by atoms with E-state index in [1.54, 1.807) is 4.90 Å². The minimum atomic E-state index is -0.426. The number of hydrogen-bond donors (Lipinski definition) is 1. The molecule has 5 nitrogen and oxygen atoms in total. The molecule has 1 amide bonds. The number of nitrogens with one attached hydrogen (secondary N) is 1. The van der Waals surface area contributed by atoms with Crippen LogP contribution in [0.4, 0.5) is 4.79 Å². The molecule has 0 radical (unpaired) electrons. The van der Waals surface area contributed by atoms with Gasteiger partial charge in [0.25, 0.3) is 0 Å². The molecule has 0 aromatic carbocycles. The van der Waals surface area contributed by atoms with Gasteiger partial charge in [0.15, 0.2) is 0 Å². The highest BCUT2D eigenvalue weighted by atomic mass is 16.6. The predicted octanol–water partition coefficient (Wildman–Crippen LogP) is 3.08.